The highest BCUT2D eigenvalue weighted by Crippen LogP contribution is 2.33. The molecule has 0 unspecified atom stereocenters. The monoisotopic (exact) mass is 316 g/mol. The third kappa shape index (κ3) is 2.64. The molecule has 0 nitrogen and oxygen atoms in total. The maximum absolute atomic E-state index is 11.7. The second-order valence-corrected chi connectivity index (χ2v) is 4.63. The van der Waals surface area contributed by atoms with Crippen LogP contribution in [0.3, 0.4) is 0 Å². The second kappa shape index (κ2) is 4.48. The fraction of sp³-hybridized carbons (Fsp3) is 0.143. The van der Waals surface area contributed by atoms with Crippen LogP contribution in [0.1, 0.15) is 4.88 Å². The molecule has 0 amide bonds. The van der Waals surface area contributed by atoms with Crippen molar-refractivity contribution in [2.75, 3.05) is 0 Å². The van der Waals surface area contributed by atoms with Crippen molar-refractivity contribution >= 4 is 43.2 Å². The minimum Gasteiger partial charge on any atom is -0.174 e. The Balaban J connectivity index is 2.77. The molecule has 0 bridgehead atoms. The van der Waals surface area contributed by atoms with Gasteiger partial charge in [0.15, 0.2) is 0 Å². The molecule has 0 aliphatic carbocycles. The number of hydrogen-bond donors (Lipinski definition) is 0. The van der Waals surface area contributed by atoms with E-state index in [1.807, 2.05) is 5.38 Å². The van der Waals surface area contributed by atoms with Crippen LogP contribution in [0.4, 0.5) is 8.78 Å². The van der Waals surface area contributed by atoms with Crippen molar-refractivity contribution in [3.63, 3.8) is 0 Å². The first kappa shape index (κ1) is 10.3. The van der Waals surface area contributed by atoms with E-state index >= 15 is 0 Å². The largest absolute Gasteiger partial charge is 0.266 e. The second-order valence-electron chi connectivity index (χ2n) is 2.02. The molecular formula is C7H4Br2F2S. The maximum Gasteiger partial charge on any atom is 0.266 e. The third-order valence-electron chi connectivity index (χ3n) is 1.20. The summed E-state index contributed by atoms with van der Waals surface area (Å²) in [5, 5.41) is 1.86. The summed E-state index contributed by atoms with van der Waals surface area (Å²) in [4.78, 5) is 0.898. The van der Waals surface area contributed by atoms with Gasteiger partial charge in [-0.25, -0.2) is 0 Å². The van der Waals surface area contributed by atoms with Crippen LogP contribution in [0, 0.1) is 0 Å². The van der Waals surface area contributed by atoms with E-state index in [1.165, 1.54) is 11.3 Å². The summed E-state index contributed by atoms with van der Waals surface area (Å²) in [6.45, 7) is 0. The highest BCUT2D eigenvalue weighted by atomic mass is 79.9. The first-order valence-corrected chi connectivity index (χ1v) is 5.50. The van der Waals surface area contributed by atoms with Crippen LogP contribution in [-0.2, 0) is 6.42 Å². The van der Waals surface area contributed by atoms with Gasteiger partial charge in [-0.1, -0.05) is 0 Å². The van der Waals surface area contributed by atoms with Crippen molar-refractivity contribution in [1.82, 2.24) is 0 Å². The molecular weight excluding hydrogens is 314 g/mol. The van der Waals surface area contributed by atoms with Crippen molar-refractivity contribution < 1.29 is 8.78 Å². The van der Waals surface area contributed by atoms with Gasteiger partial charge in [0.2, 0.25) is 0 Å². The summed E-state index contributed by atoms with van der Waals surface area (Å²) >= 11 is 8.01. The van der Waals surface area contributed by atoms with Gasteiger partial charge in [0.25, 0.3) is 6.08 Å². The Hall–Kier alpha value is 0.260. The lowest BCUT2D eigenvalue weighted by molar-refractivity contribution is 0.418. The van der Waals surface area contributed by atoms with Crippen LogP contribution in [0.15, 0.2) is 26.5 Å². The number of halogens is 4. The standard InChI is InChI=1S/C7H4Br2F2S/c8-4-3-12-5(7(4)9)1-2-6(10)11/h2-3H,1H2. The minimum atomic E-state index is -1.63. The van der Waals surface area contributed by atoms with Gasteiger partial charge in [-0.15, -0.1) is 11.3 Å². The summed E-state index contributed by atoms with van der Waals surface area (Å²) in [6, 6.07) is 0. The summed E-state index contributed by atoms with van der Waals surface area (Å²) in [5.41, 5.74) is 0. The average Bonchev–Trinajstić information content (AvgIpc) is 2.30. The zero-order chi connectivity index (χ0) is 9.14. The zero-order valence-electron chi connectivity index (χ0n) is 5.78. The fourth-order valence-corrected chi connectivity index (χ4v) is 2.78. The molecule has 0 fully saturated rings. The van der Waals surface area contributed by atoms with Gasteiger partial charge in [-0.2, -0.15) is 8.78 Å². The lowest BCUT2D eigenvalue weighted by Gasteiger charge is -1.90. The Morgan fingerprint density at radius 1 is 1.50 bits per heavy atom. The molecule has 0 aliphatic rings. The Kier molecular flexibility index (Phi) is 3.86. The van der Waals surface area contributed by atoms with E-state index in [9.17, 15) is 8.78 Å². The van der Waals surface area contributed by atoms with Crippen LogP contribution < -0.4 is 0 Å². The molecule has 0 aromatic carbocycles. The highest BCUT2D eigenvalue weighted by molar-refractivity contribution is 9.13. The molecule has 1 heterocycles. The van der Waals surface area contributed by atoms with E-state index in [2.05, 4.69) is 31.9 Å². The van der Waals surface area contributed by atoms with Gasteiger partial charge in [0.05, 0.1) is 0 Å². The van der Waals surface area contributed by atoms with Crippen molar-refractivity contribution in [3.8, 4) is 0 Å². The van der Waals surface area contributed by atoms with Crippen LogP contribution >= 0.6 is 43.2 Å². The zero-order valence-corrected chi connectivity index (χ0v) is 9.77. The first-order chi connectivity index (χ1) is 5.61. The molecule has 1 rings (SSSR count). The predicted octanol–water partition coefficient (Wildman–Crippen LogP) is 4.60. The van der Waals surface area contributed by atoms with Gasteiger partial charge < -0.3 is 0 Å². The third-order valence-corrected chi connectivity index (χ3v) is 4.84. The minimum absolute atomic E-state index is 0.277. The van der Waals surface area contributed by atoms with E-state index < -0.39 is 6.08 Å². The first-order valence-electron chi connectivity index (χ1n) is 3.03. The van der Waals surface area contributed by atoms with E-state index in [4.69, 9.17) is 0 Å². The molecule has 1 aromatic rings. The summed E-state index contributed by atoms with van der Waals surface area (Å²) in [5.74, 6) is 0. The molecule has 0 saturated heterocycles. The number of hydrogen-bond acceptors (Lipinski definition) is 1. The molecule has 0 saturated carbocycles. The van der Waals surface area contributed by atoms with Gasteiger partial charge in [-0.05, 0) is 37.9 Å². The molecule has 0 spiro atoms. The van der Waals surface area contributed by atoms with Crippen LogP contribution in [-0.4, -0.2) is 0 Å². The van der Waals surface area contributed by atoms with Crippen molar-refractivity contribution in [2.24, 2.45) is 0 Å². The molecule has 0 N–H and O–H groups in total. The summed E-state index contributed by atoms with van der Waals surface area (Å²) in [6.07, 6.45) is -0.450. The molecule has 66 valence electrons. The number of rotatable bonds is 2. The highest BCUT2D eigenvalue weighted by Gasteiger charge is 2.05. The fourth-order valence-electron chi connectivity index (χ4n) is 0.667. The SMILES string of the molecule is FC(F)=CCc1scc(Br)c1Br. The van der Waals surface area contributed by atoms with E-state index in [0.717, 1.165) is 19.9 Å². The Morgan fingerprint density at radius 3 is 2.58 bits per heavy atom. The normalized spacial score (nSPS) is 10.0. The average molecular weight is 318 g/mol. The Bertz CT molecular complexity index is 302. The maximum atomic E-state index is 11.7. The van der Waals surface area contributed by atoms with Crippen LogP contribution in [0.25, 0.3) is 0 Å². The van der Waals surface area contributed by atoms with Crippen molar-refractivity contribution in [1.29, 1.82) is 0 Å². The van der Waals surface area contributed by atoms with Crippen LogP contribution in [0.5, 0.6) is 0 Å². The van der Waals surface area contributed by atoms with Gasteiger partial charge in [0, 0.05) is 25.6 Å². The summed E-state index contributed by atoms with van der Waals surface area (Å²) in [7, 11) is 0. The van der Waals surface area contributed by atoms with E-state index in [0.29, 0.717) is 0 Å². The Morgan fingerprint density at radius 2 is 2.17 bits per heavy atom. The number of allylic oxidation sites excluding steroid dienone is 1. The van der Waals surface area contributed by atoms with Gasteiger partial charge >= 0.3 is 0 Å². The van der Waals surface area contributed by atoms with Crippen molar-refractivity contribution in [3.05, 3.63) is 31.4 Å². The molecule has 5 heteroatoms. The summed E-state index contributed by atoms with van der Waals surface area (Å²) < 4.78 is 25.2. The molecule has 0 aliphatic heterocycles. The lowest BCUT2D eigenvalue weighted by atomic mass is 10.3. The van der Waals surface area contributed by atoms with Gasteiger partial charge in [0.1, 0.15) is 0 Å². The van der Waals surface area contributed by atoms with Crippen LogP contribution in [0.2, 0.25) is 0 Å². The van der Waals surface area contributed by atoms with E-state index in [-0.39, 0.29) is 6.42 Å². The predicted molar refractivity (Wildman–Crippen MR) is 53.7 cm³/mol. The molecule has 0 atom stereocenters. The quantitative estimate of drug-likeness (QED) is 0.748. The van der Waals surface area contributed by atoms with E-state index in [1.54, 1.807) is 0 Å². The smallest absolute Gasteiger partial charge is 0.174 e. The molecule has 0 radical (unpaired) electrons. The molecule has 12 heavy (non-hydrogen) atoms. The van der Waals surface area contributed by atoms with Gasteiger partial charge in [-0.3, -0.25) is 0 Å². The Labute approximate surface area is 89.5 Å². The van der Waals surface area contributed by atoms with Crippen molar-refractivity contribution in [2.45, 2.75) is 6.42 Å². The topological polar surface area (TPSA) is 0 Å². The lowest BCUT2D eigenvalue weighted by Crippen LogP contribution is -1.75. The number of thiophene rings is 1. The molecule has 1 aromatic heterocycles.